The molecule has 25 heavy (non-hydrogen) atoms. The standard InChI is InChI=1S/C19H21ClFN3O/c20-17-10-7-14(21)13-18(17)23-19(25)24-12-4-2-6-16(24)9-8-15-5-1-3-11-22-15/h1,3,5,7,10-11,13,16H,2,4,6,8-9,12H2,(H,23,25)/t16-/m0/s1. The predicted octanol–water partition coefficient (Wildman–Crippen LogP) is 4.89. The summed E-state index contributed by atoms with van der Waals surface area (Å²) in [5.74, 6) is -0.426. The molecule has 1 aliphatic rings. The summed E-state index contributed by atoms with van der Waals surface area (Å²) in [5.41, 5.74) is 1.34. The highest BCUT2D eigenvalue weighted by Gasteiger charge is 2.27. The Bertz CT molecular complexity index is 726. The molecule has 2 amide bonds. The molecule has 1 saturated heterocycles. The molecule has 0 aliphatic carbocycles. The van der Waals surface area contributed by atoms with Crippen LogP contribution in [0.1, 0.15) is 31.4 Å². The fraction of sp³-hybridized carbons (Fsp3) is 0.368. The summed E-state index contributed by atoms with van der Waals surface area (Å²) in [6.45, 7) is 0.700. The number of carbonyl (C=O) groups excluding carboxylic acids is 1. The van der Waals surface area contributed by atoms with Gasteiger partial charge in [0, 0.05) is 24.5 Å². The predicted molar refractivity (Wildman–Crippen MR) is 97.3 cm³/mol. The van der Waals surface area contributed by atoms with Crippen molar-refractivity contribution < 1.29 is 9.18 Å². The fourth-order valence-electron chi connectivity index (χ4n) is 3.21. The van der Waals surface area contributed by atoms with Crippen molar-refractivity contribution in [3.05, 3.63) is 59.1 Å². The third-order valence-corrected chi connectivity index (χ3v) is 4.85. The Labute approximate surface area is 152 Å². The minimum absolute atomic E-state index is 0.156. The maximum atomic E-state index is 13.4. The Hall–Kier alpha value is -2.14. The molecule has 1 N–H and O–H groups in total. The average Bonchev–Trinajstić information content (AvgIpc) is 2.64. The third-order valence-electron chi connectivity index (χ3n) is 4.52. The molecule has 0 bridgehead atoms. The number of benzene rings is 1. The Morgan fingerprint density at radius 1 is 1.32 bits per heavy atom. The Morgan fingerprint density at radius 2 is 2.20 bits per heavy atom. The summed E-state index contributed by atoms with van der Waals surface area (Å²) in [6, 6.07) is 9.76. The van der Waals surface area contributed by atoms with E-state index in [4.69, 9.17) is 11.6 Å². The van der Waals surface area contributed by atoms with Crippen molar-refractivity contribution in [3.63, 3.8) is 0 Å². The zero-order valence-electron chi connectivity index (χ0n) is 13.9. The van der Waals surface area contributed by atoms with E-state index >= 15 is 0 Å². The first-order valence-electron chi connectivity index (χ1n) is 8.56. The molecule has 0 unspecified atom stereocenters. The minimum Gasteiger partial charge on any atom is -0.322 e. The van der Waals surface area contributed by atoms with Gasteiger partial charge in [-0.3, -0.25) is 4.98 Å². The summed E-state index contributed by atoms with van der Waals surface area (Å²) in [6.07, 6.45) is 6.53. The molecule has 3 rings (SSSR count). The maximum Gasteiger partial charge on any atom is 0.322 e. The van der Waals surface area contributed by atoms with Crippen LogP contribution >= 0.6 is 11.6 Å². The van der Waals surface area contributed by atoms with Crippen molar-refractivity contribution in [2.24, 2.45) is 0 Å². The summed E-state index contributed by atoms with van der Waals surface area (Å²) >= 11 is 6.05. The van der Waals surface area contributed by atoms with Crippen molar-refractivity contribution in [3.8, 4) is 0 Å². The number of nitrogens with one attached hydrogen (secondary N) is 1. The van der Waals surface area contributed by atoms with Gasteiger partial charge >= 0.3 is 6.03 Å². The number of halogens is 2. The van der Waals surface area contributed by atoms with E-state index in [1.165, 1.54) is 18.2 Å². The Kier molecular flexibility index (Phi) is 5.87. The van der Waals surface area contributed by atoms with Gasteiger partial charge in [0.05, 0.1) is 10.7 Å². The van der Waals surface area contributed by atoms with Gasteiger partial charge < -0.3 is 10.2 Å². The number of piperidine rings is 1. The molecular formula is C19H21ClFN3O. The number of likely N-dealkylation sites (tertiary alicyclic amines) is 1. The van der Waals surface area contributed by atoms with Gasteiger partial charge in [0.15, 0.2) is 0 Å². The van der Waals surface area contributed by atoms with Crippen LogP contribution in [-0.2, 0) is 6.42 Å². The fourth-order valence-corrected chi connectivity index (χ4v) is 3.37. The lowest BCUT2D eigenvalue weighted by Gasteiger charge is -2.36. The normalized spacial score (nSPS) is 17.4. The van der Waals surface area contributed by atoms with Crippen molar-refractivity contribution in [1.82, 2.24) is 9.88 Å². The summed E-state index contributed by atoms with van der Waals surface area (Å²) in [4.78, 5) is 18.9. The number of pyridine rings is 1. The van der Waals surface area contributed by atoms with Crippen molar-refractivity contribution in [2.75, 3.05) is 11.9 Å². The smallest absolute Gasteiger partial charge is 0.322 e. The molecule has 4 nitrogen and oxygen atoms in total. The van der Waals surface area contributed by atoms with Crippen LogP contribution in [0.2, 0.25) is 5.02 Å². The van der Waals surface area contributed by atoms with Crippen LogP contribution < -0.4 is 5.32 Å². The first kappa shape index (κ1) is 17.7. The van der Waals surface area contributed by atoms with Gasteiger partial charge in [0.2, 0.25) is 0 Å². The van der Waals surface area contributed by atoms with E-state index in [0.717, 1.165) is 37.8 Å². The van der Waals surface area contributed by atoms with Crippen LogP contribution in [0, 0.1) is 5.82 Å². The quantitative estimate of drug-likeness (QED) is 0.842. The minimum atomic E-state index is -0.426. The number of rotatable bonds is 4. The van der Waals surface area contributed by atoms with E-state index in [1.54, 1.807) is 6.20 Å². The van der Waals surface area contributed by atoms with Gasteiger partial charge in [-0.1, -0.05) is 17.7 Å². The molecule has 132 valence electrons. The van der Waals surface area contributed by atoms with Gasteiger partial charge in [-0.05, 0) is 62.4 Å². The number of nitrogens with zero attached hydrogens (tertiary/aromatic N) is 2. The molecule has 0 radical (unpaired) electrons. The number of hydrogen-bond acceptors (Lipinski definition) is 2. The summed E-state index contributed by atoms with van der Waals surface area (Å²) < 4.78 is 13.4. The number of anilines is 1. The number of aromatic nitrogens is 1. The van der Waals surface area contributed by atoms with E-state index in [1.807, 2.05) is 23.1 Å². The third kappa shape index (κ3) is 4.69. The molecule has 6 heteroatoms. The molecular weight excluding hydrogens is 341 g/mol. The SMILES string of the molecule is O=C(Nc1cc(F)ccc1Cl)N1CCCC[C@H]1CCc1ccccn1. The van der Waals surface area contributed by atoms with Crippen LogP contribution in [-0.4, -0.2) is 28.5 Å². The number of amides is 2. The van der Waals surface area contributed by atoms with Crippen LogP contribution in [0.4, 0.5) is 14.9 Å². The van der Waals surface area contributed by atoms with Gasteiger partial charge in [-0.25, -0.2) is 9.18 Å². The Morgan fingerprint density at radius 3 is 3.00 bits per heavy atom. The second kappa shape index (κ2) is 8.30. The van der Waals surface area contributed by atoms with Crippen molar-refractivity contribution in [1.29, 1.82) is 0 Å². The lowest BCUT2D eigenvalue weighted by atomic mass is 9.97. The van der Waals surface area contributed by atoms with Crippen LogP contribution in [0.25, 0.3) is 0 Å². The maximum absolute atomic E-state index is 13.4. The number of aryl methyl sites for hydroxylation is 1. The number of urea groups is 1. The molecule has 1 aliphatic heterocycles. The lowest BCUT2D eigenvalue weighted by molar-refractivity contribution is 0.158. The average molecular weight is 362 g/mol. The van der Waals surface area contributed by atoms with Crippen molar-refractivity contribution >= 4 is 23.3 Å². The van der Waals surface area contributed by atoms with E-state index in [0.29, 0.717) is 17.3 Å². The molecule has 1 atom stereocenters. The number of carbonyl (C=O) groups is 1. The molecule has 1 aromatic heterocycles. The van der Waals surface area contributed by atoms with Crippen LogP contribution in [0.15, 0.2) is 42.6 Å². The van der Waals surface area contributed by atoms with Gasteiger partial charge in [-0.15, -0.1) is 0 Å². The lowest BCUT2D eigenvalue weighted by Crippen LogP contribution is -2.46. The van der Waals surface area contributed by atoms with E-state index in [9.17, 15) is 9.18 Å². The van der Waals surface area contributed by atoms with Gasteiger partial charge in [0.25, 0.3) is 0 Å². The monoisotopic (exact) mass is 361 g/mol. The molecule has 2 heterocycles. The van der Waals surface area contributed by atoms with E-state index < -0.39 is 5.82 Å². The molecule has 1 aromatic carbocycles. The van der Waals surface area contributed by atoms with Crippen LogP contribution in [0.5, 0.6) is 0 Å². The molecule has 1 fully saturated rings. The summed E-state index contributed by atoms with van der Waals surface area (Å²) in [5, 5.41) is 3.08. The van der Waals surface area contributed by atoms with E-state index in [2.05, 4.69) is 10.3 Å². The second-order valence-electron chi connectivity index (χ2n) is 6.26. The Balaban J connectivity index is 1.65. The molecule has 0 saturated carbocycles. The zero-order valence-corrected chi connectivity index (χ0v) is 14.7. The highest BCUT2D eigenvalue weighted by Crippen LogP contribution is 2.25. The molecule has 2 aromatic rings. The topological polar surface area (TPSA) is 45.2 Å². The highest BCUT2D eigenvalue weighted by molar-refractivity contribution is 6.33. The van der Waals surface area contributed by atoms with E-state index in [-0.39, 0.29) is 12.1 Å². The van der Waals surface area contributed by atoms with Crippen molar-refractivity contribution in [2.45, 2.75) is 38.1 Å². The first-order valence-corrected chi connectivity index (χ1v) is 8.94. The zero-order chi connectivity index (χ0) is 17.6. The first-order chi connectivity index (χ1) is 12.1. The number of hydrogen-bond donors (Lipinski definition) is 1. The van der Waals surface area contributed by atoms with Gasteiger partial charge in [-0.2, -0.15) is 0 Å². The largest absolute Gasteiger partial charge is 0.322 e. The van der Waals surface area contributed by atoms with Gasteiger partial charge in [0.1, 0.15) is 5.82 Å². The highest BCUT2D eigenvalue weighted by atomic mass is 35.5. The molecule has 0 spiro atoms. The van der Waals surface area contributed by atoms with Crippen LogP contribution in [0.3, 0.4) is 0 Å². The second-order valence-corrected chi connectivity index (χ2v) is 6.66. The summed E-state index contributed by atoms with van der Waals surface area (Å²) in [7, 11) is 0.